The summed E-state index contributed by atoms with van der Waals surface area (Å²) in [6.07, 6.45) is 1.56. The first-order valence-corrected chi connectivity index (χ1v) is 6.15. The predicted octanol–water partition coefficient (Wildman–Crippen LogP) is 3.63. The minimum atomic E-state index is -0.300. The molecule has 2 aromatic carbocycles. The maximum atomic E-state index is 13.2. The van der Waals surface area contributed by atoms with Gasteiger partial charge in [-0.2, -0.15) is 0 Å². The summed E-state index contributed by atoms with van der Waals surface area (Å²) in [6, 6.07) is 15.0. The van der Waals surface area contributed by atoms with Crippen molar-refractivity contribution in [2.45, 2.75) is 0 Å². The molecule has 3 aromatic rings. The zero-order chi connectivity index (χ0) is 13.9. The van der Waals surface area contributed by atoms with E-state index in [9.17, 15) is 9.18 Å². The molecule has 0 aliphatic heterocycles. The van der Waals surface area contributed by atoms with Crippen molar-refractivity contribution in [2.24, 2.45) is 0 Å². The van der Waals surface area contributed by atoms with Crippen LogP contribution in [-0.2, 0) is 0 Å². The second-order valence-electron chi connectivity index (χ2n) is 4.34. The van der Waals surface area contributed by atoms with E-state index in [-0.39, 0.29) is 11.7 Å². The van der Waals surface area contributed by atoms with E-state index in [1.54, 1.807) is 48.7 Å². The van der Waals surface area contributed by atoms with Crippen LogP contribution in [0.2, 0.25) is 0 Å². The number of benzene rings is 2. The molecule has 0 bridgehead atoms. The summed E-state index contributed by atoms with van der Waals surface area (Å²) in [4.78, 5) is 16.1. The van der Waals surface area contributed by atoms with Gasteiger partial charge >= 0.3 is 0 Å². The summed E-state index contributed by atoms with van der Waals surface area (Å²) in [6.45, 7) is 0. The van der Waals surface area contributed by atoms with Crippen LogP contribution >= 0.6 is 0 Å². The maximum absolute atomic E-state index is 13.2. The number of rotatable bonds is 2. The first kappa shape index (κ1) is 12.3. The van der Waals surface area contributed by atoms with Crippen molar-refractivity contribution in [2.75, 3.05) is 5.32 Å². The fourth-order valence-corrected chi connectivity index (χ4v) is 2.05. The van der Waals surface area contributed by atoms with Crippen molar-refractivity contribution in [1.82, 2.24) is 4.98 Å². The average molecular weight is 266 g/mol. The molecule has 0 saturated heterocycles. The monoisotopic (exact) mass is 266 g/mol. The Bertz CT molecular complexity index is 772. The molecular weight excluding hydrogens is 255 g/mol. The number of carbonyl (C=O) groups is 1. The zero-order valence-electron chi connectivity index (χ0n) is 10.5. The molecule has 1 heterocycles. The van der Waals surface area contributed by atoms with Crippen LogP contribution in [0.25, 0.3) is 10.8 Å². The number of fused-ring (bicyclic) bond motifs is 1. The van der Waals surface area contributed by atoms with E-state index >= 15 is 0 Å². The summed E-state index contributed by atoms with van der Waals surface area (Å²) >= 11 is 0. The third-order valence-electron chi connectivity index (χ3n) is 2.99. The van der Waals surface area contributed by atoms with Crippen LogP contribution < -0.4 is 5.32 Å². The summed E-state index contributed by atoms with van der Waals surface area (Å²) in [5, 5.41) is 4.33. The van der Waals surface area contributed by atoms with Gasteiger partial charge in [0.25, 0.3) is 5.91 Å². The SMILES string of the molecule is O=C(Nc1cccc2cc(F)ccc12)c1ccccn1. The number of carbonyl (C=O) groups excluding carboxylic acids is 1. The second-order valence-corrected chi connectivity index (χ2v) is 4.34. The molecule has 0 unspecified atom stereocenters. The summed E-state index contributed by atoms with van der Waals surface area (Å²) in [5.41, 5.74) is 0.977. The number of amides is 1. The lowest BCUT2D eigenvalue weighted by Gasteiger charge is -2.08. The Morgan fingerprint density at radius 1 is 1.05 bits per heavy atom. The van der Waals surface area contributed by atoms with Gasteiger partial charge in [-0.1, -0.05) is 18.2 Å². The van der Waals surface area contributed by atoms with Gasteiger partial charge in [0.05, 0.1) is 0 Å². The van der Waals surface area contributed by atoms with Gasteiger partial charge in [0, 0.05) is 17.3 Å². The van der Waals surface area contributed by atoms with Crippen molar-refractivity contribution in [1.29, 1.82) is 0 Å². The average Bonchev–Trinajstić information content (AvgIpc) is 2.48. The molecule has 1 amide bonds. The molecule has 0 aliphatic rings. The van der Waals surface area contributed by atoms with E-state index in [0.29, 0.717) is 11.4 Å². The first-order valence-electron chi connectivity index (χ1n) is 6.15. The number of anilines is 1. The lowest BCUT2D eigenvalue weighted by molar-refractivity contribution is 0.102. The van der Waals surface area contributed by atoms with E-state index in [1.807, 2.05) is 0 Å². The van der Waals surface area contributed by atoms with Crippen LogP contribution in [0, 0.1) is 5.82 Å². The topological polar surface area (TPSA) is 42.0 Å². The molecule has 0 saturated carbocycles. The van der Waals surface area contributed by atoms with Crippen molar-refractivity contribution in [3.05, 3.63) is 72.3 Å². The molecule has 20 heavy (non-hydrogen) atoms. The normalized spacial score (nSPS) is 10.4. The number of aromatic nitrogens is 1. The van der Waals surface area contributed by atoms with E-state index in [4.69, 9.17) is 0 Å². The van der Waals surface area contributed by atoms with Crippen molar-refractivity contribution >= 4 is 22.4 Å². The summed E-state index contributed by atoms with van der Waals surface area (Å²) < 4.78 is 13.2. The molecular formula is C16H11FN2O. The highest BCUT2D eigenvalue weighted by Crippen LogP contribution is 2.24. The number of hydrogen-bond acceptors (Lipinski definition) is 2. The Kier molecular flexibility index (Phi) is 3.13. The molecule has 0 fully saturated rings. The third-order valence-corrected chi connectivity index (χ3v) is 2.99. The van der Waals surface area contributed by atoms with Crippen molar-refractivity contribution < 1.29 is 9.18 Å². The number of nitrogens with one attached hydrogen (secondary N) is 1. The molecule has 0 radical (unpaired) electrons. The first-order chi connectivity index (χ1) is 9.74. The number of nitrogens with zero attached hydrogens (tertiary/aromatic N) is 1. The summed E-state index contributed by atoms with van der Waals surface area (Å²) in [7, 11) is 0. The second kappa shape index (κ2) is 5.09. The van der Waals surface area contributed by atoms with Gasteiger partial charge in [0.2, 0.25) is 0 Å². The van der Waals surface area contributed by atoms with Gasteiger partial charge in [-0.25, -0.2) is 4.39 Å². The molecule has 0 spiro atoms. The van der Waals surface area contributed by atoms with E-state index in [2.05, 4.69) is 10.3 Å². The molecule has 98 valence electrons. The van der Waals surface area contributed by atoms with Crippen LogP contribution in [0.5, 0.6) is 0 Å². The Morgan fingerprint density at radius 3 is 2.75 bits per heavy atom. The number of pyridine rings is 1. The summed E-state index contributed by atoms with van der Waals surface area (Å²) in [5.74, 6) is -0.590. The highest BCUT2D eigenvalue weighted by Gasteiger charge is 2.09. The van der Waals surface area contributed by atoms with E-state index in [0.717, 1.165) is 10.8 Å². The lowest BCUT2D eigenvalue weighted by Crippen LogP contribution is -2.13. The molecule has 3 rings (SSSR count). The highest BCUT2D eigenvalue weighted by molar-refractivity contribution is 6.08. The molecule has 3 nitrogen and oxygen atoms in total. The van der Waals surface area contributed by atoms with Crippen LogP contribution in [0.4, 0.5) is 10.1 Å². The predicted molar refractivity (Wildman–Crippen MR) is 76.1 cm³/mol. The van der Waals surface area contributed by atoms with Gasteiger partial charge in [-0.15, -0.1) is 0 Å². The van der Waals surface area contributed by atoms with E-state index < -0.39 is 0 Å². The Labute approximate surface area is 115 Å². The van der Waals surface area contributed by atoms with Crippen LogP contribution in [0.1, 0.15) is 10.5 Å². The standard InChI is InChI=1S/C16H11FN2O/c17-12-7-8-13-11(10-12)4-3-6-14(13)19-16(20)15-5-1-2-9-18-15/h1-10H,(H,19,20). The number of halogens is 1. The Morgan fingerprint density at radius 2 is 1.95 bits per heavy atom. The quantitative estimate of drug-likeness (QED) is 0.769. The largest absolute Gasteiger partial charge is 0.320 e. The third kappa shape index (κ3) is 2.36. The number of hydrogen-bond donors (Lipinski definition) is 1. The molecule has 0 aliphatic carbocycles. The minimum absolute atomic E-state index is 0.289. The highest BCUT2D eigenvalue weighted by atomic mass is 19.1. The van der Waals surface area contributed by atoms with Crippen LogP contribution in [0.15, 0.2) is 60.8 Å². The van der Waals surface area contributed by atoms with E-state index in [1.165, 1.54) is 12.1 Å². The fourth-order valence-electron chi connectivity index (χ4n) is 2.05. The molecule has 1 N–H and O–H groups in total. The van der Waals surface area contributed by atoms with Gasteiger partial charge in [-0.3, -0.25) is 9.78 Å². The van der Waals surface area contributed by atoms with Gasteiger partial charge in [0.1, 0.15) is 11.5 Å². The Hall–Kier alpha value is -2.75. The fraction of sp³-hybridized carbons (Fsp3) is 0. The van der Waals surface area contributed by atoms with Crippen LogP contribution in [0.3, 0.4) is 0 Å². The molecule has 1 aromatic heterocycles. The smallest absolute Gasteiger partial charge is 0.274 e. The van der Waals surface area contributed by atoms with Gasteiger partial charge in [0.15, 0.2) is 0 Å². The van der Waals surface area contributed by atoms with Crippen molar-refractivity contribution in [3.8, 4) is 0 Å². The zero-order valence-corrected chi connectivity index (χ0v) is 10.5. The minimum Gasteiger partial charge on any atom is -0.320 e. The van der Waals surface area contributed by atoms with Gasteiger partial charge in [-0.05, 0) is 41.8 Å². The molecule has 4 heteroatoms. The van der Waals surface area contributed by atoms with Gasteiger partial charge < -0.3 is 5.32 Å². The maximum Gasteiger partial charge on any atom is 0.274 e. The van der Waals surface area contributed by atoms with Crippen molar-refractivity contribution in [3.63, 3.8) is 0 Å². The molecule has 0 atom stereocenters. The lowest BCUT2D eigenvalue weighted by atomic mass is 10.1. The van der Waals surface area contributed by atoms with Crippen LogP contribution in [-0.4, -0.2) is 10.9 Å². The Balaban J connectivity index is 1.97.